The van der Waals surface area contributed by atoms with Gasteiger partial charge in [0.2, 0.25) is 0 Å². The highest BCUT2D eigenvalue weighted by molar-refractivity contribution is 8.23. The molecule has 1 atom stereocenters. The first kappa shape index (κ1) is 11.7. The summed E-state index contributed by atoms with van der Waals surface area (Å²) in [6.45, 7) is 0.743. The Bertz CT molecular complexity index is 380. The molecule has 1 fully saturated rings. The molecule has 0 saturated carbocycles. The van der Waals surface area contributed by atoms with Gasteiger partial charge < -0.3 is 14.2 Å². The molecule has 3 nitrogen and oxygen atoms in total. The molecule has 16 heavy (non-hydrogen) atoms. The summed E-state index contributed by atoms with van der Waals surface area (Å²) in [6, 6.07) is 5.70. The molecule has 2 rings (SSSR count). The second-order valence-electron chi connectivity index (χ2n) is 3.29. The third kappa shape index (κ3) is 2.87. The molecule has 0 aliphatic carbocycles. The van der Waals surface area contributed by atoms with E-state index in [9.17, 15) is 0 Å². The van der Waals surface area contributed by atoms with Gasteiger partial charge in [-0.05, 0) is 12.1 Å². The number of thioether (sulfide) groups is 1. The summed E-state index contributed by atoms with van der Waals surface area (Å²) in [4.78, 5) is 1.01. The topological polar surface area (TPSA) is 31.0 Å². The van der Waals surface area contributed by atoms with Gasteiger partial charge >= 0.3 is 0 Å². The van der Waals surface area contributed by atoms with Crippen LogP contribution in [0.5, 0.6) is 11.5 Å². The molecule has 1 aromatic carbocycles. The molecule has 1 aromatic rings. The van der Waals surface area contributed by atoms with Gasteiger partial charge in [0.05, 0.1) is 25.0 Å². The molecule has 0 amide bonds. The fourth-order valence-electron chi connectivity index (χ4n) is 1.21. The van der Waals surface area contributed by atoms with Crippen molar-refractivity contribution in [3.05, 3.63) is 18.2 Å². The van der Waals surface area contributed by atoms with E-state index in [4.69, 9.17) is 26.4 Å². The monoisotopic (exact) mass is 256 g/mol. The molecule has 1 aliphatic rings. The molecule has 1 unspecified atom stereocenters. The fourth-order valence-corrected chi connectivity index (χ4v) is 2.48. The Morgan fingerprint density at radius 3 is 2.31 bits per heavy atom. The molecular formula is C11H12O3S2. The van der Waals surface area contributed by atoms with Crippen LogP contribution < -0.4 is 9.47 Å². The number of hydrogen-bond donors (Lipinski definition) is 0. The maximum Gasteiger partial charge on any atom is 0.123 e. The van der Waals surface area contributed by atoms with Crippen molar-refractivity contribution in [1.29, 1.82) is 0 Å². The zero-order chi connectivity index (χ0) is 11.5. The first-order valence-corrected chi connectivity index (χ1v) is 6.02. The van der Waals surface area contributed by atoms with Gasteiger partial charge in [-0.25, -0.2) is 0 Å². The van der Waals surface area contributed by atoms with Crippen molar-refractivity contribution in [2.45, 2.75) is 11.0 Å². The molecule has 1 saturated heterocycles. The van der Waals surface area contributed by atoms with Crippen LogP contribution >= 0.6 is 24.0 Å². The van der Waals surface area contributed by atoms with E-state index in [0.717, 1.165) is 27.2 Å². The Kier molecular flexibility index (Phi) is 3.68. The lowest BCUT2D eigenvalue weighted by molar-refractivity contribution is 0.392. The van der Waals surface area contributed by atoms with E-state index < -0.39 is 0 Å². The molecule has 0 N–H and O–H groups in total. The number of epoxide rings is 1. The Hall–Kier alpha value is -0.780. The Labute approximate surface area is 104 Å². The minimum absolute atomic E-state index is 0.136. The highest BCUT2D eigenvalue weighted by Crippen LogP contribution is 2.32. The average molecular weight is 256 g/mol. The van der Waals surface area contributed by atoms with E-state index in [1.807, 2.05) is 18.2 Å². The lowest BCUT2D eigenvalue weighted by Gasteiger charge is -2.07. The van der Waals surface area contributed by atoms with Crippen molar-refractivity contribution >= 4 is 28.2 Å². The number of methoxy groups -OCH3 is 2. The van der Waals surface area contributed by atoms with Crippen LogP contribution in [0.3, 0.4) is 0 Å². The SMILES string of the molecule is COc1cc(OC)cc(SC(=S)C2CO2)c1. The van der Waals surface area contributed by atoms with Gasteiger partial charge in [0.25, 0.3) is 0 Å². The molecule has 0 bridgehead atoms. The van der Waals surface area contributed by atoms with Crippen LogP contribution in [0, 0.1) is 0 Å². The first-order valence-electron chi connectivity index (χ1n) is 4.79. The maximum atomic E-state index is 5.24. The minimum Gasteiger partial charge on any atom is -0.497 e. The van der Waals surface area contributed by atoms with Gasteiger partial charge in [-0.1, -0.05) is 24.0 Å². The molecule has 1 aliphatic heterocycles. The number of rotatable bonds is 4. The molecule has 0 spiro atoms. The summed E-state index contributed by atoms with van der Waals surface area (Å²) in [7, 11) is 3.26. The lowest BCUT2D eigenvalue weighted by atomic mass is 10.3. The van der Waals surface area contributed by atoms with Gasteiger partial charge in [-0.15, -0.1) is 0 Å². The van der Waals surface area contributed by atoms with Gasteiger partial charge in [-0.3, -0.25) is 0 Å². The van der Waals surface area contributed by atoms with E-state index >= 15 is 0 Å². The van der Waals surface area contributed by atoms with E-state index in [1.54, 1.807) is 14.2 Å². The van der Waals surface area contributed by atoms with Crippen LogP contribution in [0.2, 0.25) is 0 Å². The van der Waals surface area contributed by atoms with Crippen molar-refractivity contribution in [1.82, 2.24) is 0 Å². The number of ether oxygens (including phenoxy) is 3. The van der Waals surface area contributed by atoms with Crippen molar-refractivity contribution in [2.24, 2.45) is 0 Å². The molecule has 1 heterocycles. The van der Waals surface area contributed by atoms with Crippen molar-refractivity contribution in [2.75, 3.05) is 20.8 Å². The first-order chi connectivity index (χ1) is 7.72. The van der Waals surface area contributed by atoms with Crippen LogP contribution in [0.15, 0.2) is 23.1 Å². The van der Waals surface area contributed by atoms with Gasteiger partial charge in [-0.2, -0.15) is 0 Å². The largest absolute Gasteiger partial charge is 0.497 e. The molecular weight excluding hydrogens is 244 g/mol. The second-order valence-corrected chi connectivity index (χ2v) is 5.11. The maximum absolute atomic E-state index is 5.24. The zero-order valence-corrected chi connectivity index (χ0v) is 10.7. The Morgan fingerprint density at radius 1 is 1.31 bits per heavy atom. The standard InChI is InChI=1S/C11H12O3S2/c1-12-7-3-8(13-2)5-9(4-7)16-11(15)10-6-14-10/h3-5,10H,6H2,1-2H3. The van der Waals surface area contributed by atoms with E-state index in [0.29, 0.717) is 0 Å². The summed E-state index contributed by atoms with van der Waals surface area (Å²) in [5.41, 5.74) is 0. The van der Waals surface area contributed by atoms with Crippen molar-refractivity contribution in [3.63, 3.8) is 0 Å². The lowest BCUT2D eigenvalue weighted by Crippen LogP contribution is -1.97. The smallest absolute Gasteiger partial charge is 0.123 e. The highest BCUT2D eigenvalue weighted by Gasteiger charge is 2.28. The van der Waals surface area contributed by atoms with Crippen LogP contribution in [0.25, 0.3) is 0 Å². The number of hydrogen-bond acceptors (Lipinski definition) is 5. The van der Waals surface area contributed by atoms with Gasteiger partial charge in [0.15, 0.2) is 0 Å². The van der Waals surface area contributed by atoms with Crippen LogP contribution in [-0.2, 0) is 4.74 Å². The predicted molar refractivity (Wildman–Crippen MR) is 67.7 cm³/mol. The summed E-state index contributed by atoms with van der Waals surface area (Å²) < 4.78 is 16.4. The van der Waals surface area contributed by atoms with Crippen molar-refractivity contribution < 1.29 is 14.2 Å². The number of thiocarbonyl (C=S) groups is 1. The Balaban J connectivity index is 2.14. The number of benzene rings is 1. The molecule has 0 radical (unpaired) electrons. The Morgan fingerprint density at radius 2 is 1.88 bits per heavy atom. The third-order valence-electron chi connectivity index (χ3n) is 2.14. The van der Waals surface area contributed by atoms with E-state index in [2.05, 4.69) is 0 Å². The minimum atomic E-state index is 0.136. The fraction of sp³-hybridized carbons (Fsp3) is 0.364. The summed E-state index contributed by atoms with van der Waals surface area (Å²) >= 11 is 6.76. The second kappa shape index (κ2) is 5.03. The highest BCUT2D eigenvalue weighted by atomic mass is 32.2. The van der Waals surface area contributed by atoms with Crippen LogP contribution in [-0.4, -0.2) is 31.1 Å². The predicted octanol–water partition coefficient (Wildman–Crippen LogP) is 2.52. The zero-order valence-electron chi connectivity index (χ0n) is 9.06. The quantitative estimate of drug-likeness (QED) is 0.469. The molecule has 5 heteroatoms. The summed E-state index contributed by atoms with van der Waals surface area (Å²) in [5, 5.41) is 0. The van der Waals surface area contributed by atoms with Gasteiger partial charge in [0.1, 0.15) is 17.6 Å². The van der Waals surface area contributed by atoms with E-state index in [1.165, 1.54) is 11.8 Å². The third-order valence-corrected chi connectivity index (χ3v) is 3.59. The molecule has 86 valence electrons. The normalized spacial score (nSPS) is 18.0. The van der Waals surface area contributed by atoms with Crippen LogP contribution in [0.1, 0.15) is 0 Å². The van der Waals surface area contributed by atoms with Crippen molar-refractivity contribution in [3.8, 4) is 11.5 Å². The summed E-state index contributed by atoms with van der Waals surface area (Å²) in [6.07, 6.45) is 0.136. The summed E-state index contributed by atoms with van der Waals surface area (Å²) in [5.74, 6) is 1.53. The van der Waals surface area contributed by atoms with E-state index in [-0.39, 0.29) is 6.10 Å². The van der Waals surface area contributed by atoms with Gasteiger partial charge in [0, 0.05) is 11.0 Å². The average Bonchev–Trinajstić information content (AvgIpc) is 3.12. The molecule has 0 aromatic heterocycles. The van der Waals surface area contributed by atoms with Crippen LogP contribution in [0.4, 0.5) is 0 Å².